The van der Waals surface area contributed by atoms with Crippen LogP contribution in [0.3, 0.4) is 0 Å². The first-order valence-electron chi connectivity index (χ1n) is 6.23. The zero-order valence-electron chi connectivity index (χ0n) is 11.1. The van der Waals surface area contributed by atoms with Crippen LogP contribution in [0.1, 0.15) is 10.4 Å². The molecule has 112 valence electrons. The van der Waals surface area contributed by atoms with Crippen molar-refractivity contribution >= 4 is 23.0 Å². The number of fused-ring (bicyclic) bond motifs is 1. The highest BCUT2D eigenvalue weighted by molar-refractivity contribution is 5.99. The molecule has 8 heteroatoms. The second-order valence-electron chi connectivity index (χ2n) is 4.46. The third kappa shape index (κ3) is 2.37. The highest BCUT2D eigenvalue weighted by Gasteiger charge is 2.24. The first-order valence-corrected chi connectivity index (χ1v) is 6.23. The molecule has 0 atom stereocenters. The van der Waals surface area contributed by atoms with Crippen molar-refractivity contribution in [2.24, 2.45) is 0 Å². The number of anilines is 2. The van der Waals surface area contributed by atoms with Gasteiger partial charge in [-0.2, -0.15) is 0 Å². The summed E-state index contributed by atoms with van der Waals surface area (Å²) in [5.41, 5.74) is -0.212. The number of hydrogen-bond acceptors (Lipinski definition) is 6. The maximum Gasteiger partial charge on any atom is 0.344 e. The zero-order chi connectivity index (χ0) is 15.7. The minimum atomic E-state index is -1.38. The van der Waals surface area contributed by atoms with Gasteiger partial charge in [0.15, 0.2) is 17.1 Å². The molecule has 3 rings (SSSR count). The number of ether oxygens (including phenoxy) is 2. The van der Waals surface area contributed by atoms with Gasteiger partial charge in [0.1, 0.15) is 0 Å². The summed E-state index contributed by atoms with van der Waals surface area (Å²) in [4.78, 5) is 21.6. The third-order valence-electron chi connectivity index (χ3n) is 3.10. The van der Waals surface area contributed by atoms with Gasteiger partial charge in [0.2, 0.25) is 6.79 Å². The Kier molecular flexibility index (Phi) is 3.26. The van der Waals surface area contributed by atoms with Gasteiger partial charge in [-0.3, -0.25) is 10.1 Å². The van der Waals surface area contributed by atoms with Crippen LogP contribution >= 0.6 is 0 Å². The molecule has 22 heavy (non-hydrogen) atoms. The molecule has 0 aromatic heterocycles. The summed E-state index contributed by atoms with van der Waals surface area (Å²) in [6.45, 7) is 0.121. The Morgan fingerprint density at radius 2 is 2.00 bits per heavy atom. The molecule has 0 unspecified atom stereocenters. The number of nitro benzene ring substituents is 1. The fraction of sp³-hybridized carbons (Fsp3) is 0.0714. The van der Waals surface area contributed by atoms with Crippen molar-refractivity contribution in [2.45, 2.75) is 0 Å². The van der Waals surface area contributed by atoms with Crippen LogP contribution in [0.25, 0.3) is 0 Å². The Hall–Kier alpha value is -3.29. The van der Waals surface area contributed by atoms with Crippen LogP contribution in [-0.4, -0.2) is 22.8 Å². The molecule has 0 spiro atoms. The van der Waals surface area contributed by atoms with Crippen LogP contribution in [0, 0.1) is 10.1 Å². The highest BCUT2D eigenvalue weighted by Crippen LogP contribution is 2.36. The molecule has 2 aromatic rings. The largest absolute Gasteiger partial charge is 0.477 e. The monoisotopic (exact) mass is 302 g/mol. The zero-order valence-corrected chi connectivity index (χ0v) is 11.1. The van der Waals surface area contributed by atoms with E-state index in [9.17, 15) is 20.0 Å². The fourth-order valence-electron chi connectivity index (χ4n) is 2.15. The summed E-state index contributed by atoms with van der Waals surface area (Å²) in [5, 5.41) is 23.1. The van der Waals surface area contributed by atoms with Gasteiger partial charge >= 0.3 is 5.97 Å². The average Bonchev–Trinajstić information content (AvgIpc) is 2.94. The lowest BCUT2D eigenvalue weighted by Gasteiger charge is -2.10. The van der Waals surface area contributed by atoms with Crippen molar-refractivity contribution in [3.8, 4) is 11.5 Å². The summed E-state index contributed by atoms with van der Waals surface area (Å²) in [6, 6.07) is 8.99. The topological polar surface area (TPSA) is 111 Å². The van der Waals surface area contributed by atoms with E-state index in [-0.39, 0.29) is 12.5 Å². The Labute approximate surface area is 124 Å². The Bertz CT molecular complexity index is 774. The van der Waals surface area contributed by atoms with Gasteiger partial charge in [-0.05, 0) is 18.2 Å². The maximum atomic E-state index is 11.3. The van der Waals surface area contributed by atoms with E-state index in [1.54, 1.807) is 18.2 Å². The molecular formula is C14H10N2O6. The van der Waals surface area contributed by atoms with E-state index in [0.29, 0.717) is 17.2 Å². The van der Waals surface area contributed by atoms with Gasteiger partial charge in [-0.25, -0.2) is 4.79 Å². The van der Waals surface area contributed by atoms with Gasteiger partial charge in [0.25, 0.3) is 5.69 Å². The summed E-state index contributed by atoms with van der Waals surface area (Å²) < 4.78 is 10.4. The number of nitrogens with zero attached hydrogens (tertiary/aromatic N) is 1. The lowest BCUT2D eigenvalue weighted by molar-refractivity contribution is -0.385. The number of benzene rings is 2. The third-order valence-corrected chi connectivity index (χ3v) is 3.10. The number of aromatic carboxylic acids is 1. The molecular weight excluding hydrogens is 292 g/mol. The molecule has 0 fully saturated rings. The molecule has 2 aromatic carbocycles. The van der Waals surface area contributed by atoms with E-state index in [2.05, 4.69) is 5.32 Å². The second-order valence-corrected chi connectivity index (χ2v) is 4.46. The number of nitrogens with one attached hydrogen (secondary N) is 1. The maximum absolute atomic E-state index is 11.3. The summed E-state index contributed by atoms with van der Waals surface area (Å²) in [6.07, 6.45) is 0. The minimum absolute atomic E-state index is 0.121. The first kappa shape index (κ1) is 13.7. The van der Waals surface area contributed by atoms with E-state index in [1.807, 2.05) is 0 Å². The molecule has 1 aliphatic heterocycles. The van der Waals surface area contributed by atoms with Gasteiger partial charge in [-0.15, -0.1) is 0 Å². The van der Waals surface area contributed by atoms with Crippen LogP contribution in [0.5, 0.6) is 11.5 Å². The molecule has 2 N–H and O–H groups in total. The van der Waals surface area contributed by atoms with Crippen molar-refractivity contribution in [1.29, 1.82) is 0 Å². The summed E-state index contributed by atoms with van der Waals surface area (Å²) in [7, 11) is 0. The lowest BCUT2D eigenvalue weighted by Crippen LogP contribution is -2.06. The highest BCUT2D eigenvalue weighted by atomic mass is 16.7. The molecule has 0 amide bonds. The molecule has 0 bridgehead atoms. The van der Waals surface area contributed by atoms with Crippen LogP contribution in [0.15, 0.2) is 36.4 Å². The molecule has 0 saturated heterocycles. The van der Waals surface area contributed by atoms with Crippen molar-refractivity contribution < 1.29 is 24.3 Å². The molecule has 0 radical (unpaired) electrons. The number of carbonyl (C=O) groups is 1. The number of carboxylic acids is 1. The quantitative estimate of drug-likeness (QED) is 0.659. The first-order chi connectivity index (χ1) is 10.6. The standard InChI is InChI=1S/C14H10N2O6/c17-14(18)13-9(2-1-3-10(13)16(19)20)15-8-4-5-11-12(6-8)22-7-21-11/h1-6,15H,7H2,(H,17,18). The van der Waals surface area contributed by atoms with E-state index in [1.165, 1.54) is 12.1 Å². The van der Waals surface area contributed by atoms with Crippen LogP contribution in [0.2, 0.25) is 0 Å². The van der Waals surface area contributed by atoms with E-state index in [0.717, 1.165) is 6.07 Å². The Morgan fingerprint density at radius 1 is 1.23 bits per heavy atom. The predicted octanol–water partition coefficient (Wildman–Crippen LogP) is 2.77. The van der Waals surface area contributed by atoms with Crippen molar-refractivity contribution in [3.05, 3.63) is 52.1 Å². The average molecular weight is 302 g/mol. The van der Waals surface area contributed by atoms with E-state index < -0.39 is 22.1 Å². The van der Waals surface area contributed by atoms with Crippen molar-refractivity contribution in [3.63, 3.8) is 0 Å². The number of carboxylic acid groups (broad SMARTS) is 1. The van der Waals surface area contributed by atoms with E-state index in [4.69, 9.17) is 9.47 Å². The van der Waals surface area contributed by atoms with Gasteiger partial charge in [-0.1, -0.05) is 6.07 Å². The minimum Gasteiger partial charge on any atom is -0.477 e. The van der Waals surface area contributed by atoms with Crippen LogP contribution < -0.4 is 14.8 Å². The Balaban J connectivity index is 2.00. The second kappa shape index (κ2) is 5.24. The van der Waals surface area contributed by atoms with Gasteiger partial charge in [0, 0.05) is 17.8 Å². The number of rotatable bonds is 4. The van der Waals surface area contributed by atoms with Crippen molar-refractivity contribution in [2.75, 3.05) is 12.1 Å². The molecule has 0 aliphatic carbocycles. The summed E-state index contributed by atoms with van der Waals surface area (Å²) in [5.74, 6) is -0.272. The number of nitro groups is 1. The SMILES string of the molecule is O=C(O)c1c(Nc2ccc3c(c2)OCO3)cccc1[N+](=O)[O-]. The smallest absolute Gasteiger partial charge is 0.344 e. The van der Waals surface area contributed by atoms with E-state index >= 15 is 0 Å². The lowest BCUT2D eigenvalue weighted by atomic mass is 10.1. The fourth-order valence-corrected chi connectivity index (χ4v) is 2.15. The normalized spacial score (nSPS) is 12.0. The van der Waals surface area contributed by atoms with Crippen molar-refractivity contribution in [1.82, 2.24) is 0 Å². The van der Waals surface area contributed by atoms with Crippen LogP contribution in [0.4, 0.5) is 17.1 Å². The number of hydrogen-bond donors (Lipinski definition) is 2. The van der Waals surface area contributed by atoms with Gasteiger partial charge < -0.3 is 19.9 Å². The molecule has 1 aliphatic rings. The summed E-state index contributed by atoms with van der Waals surface area (Å²) >= 11 is 0. The predicted molar refractivity (Wildman–Crippen MR) is 75.9 cm³/mol. The molecule has 8 nitrogen and oxygen atoms in total. The molecule has 0 saturated carbocycles. The van der Waals surface area contributed by atoms with Gasteiger partial charge in [0.05, 0.1) is 10.6 Å². The molecule has 1 heterocycles. The van der Waals surface area contributed by atoms with Crippen LogP contribution in [-0.2, 0) is 0 Å². The Morgan fingerprint density at radius 3 is 2.73 bits per heavy atom.